The van der Waals surface area contributed by atoms with Crippen molar-refractivity contribution >= 4 is 38.3 Å². The second kappa shape index (κ2) is 10.6. The van der Waals surface area contributed by atoms with Crippen LogP contribution in [0.1, 0.15) is 37.8 Å². The van der Waals surface area contributed by atoms with Gasteiger partial charge in [-0.1, -0.05) is 44.2 Å². The maximum absolute atomic E-state index is 12.2. The van der Waals surface area contributed by atoms with Crippen molar-refractivity contribution in [1.82, 2.24) is 4.98 Å². The number of carbonyl (C=O) groups is 1. The first-order chi connectivity index (χ1) is 14.1. The lowest BCUT2D eigenvalue weighted by Gasteiger charge is -2.09. The van der Waals surface area contributed by atoms with Gasteiger partial charge in [0.1, 0.15) is 5.75 Å². The number of halogens is 1. The fourth-order valence-corrected chi connectivity index (χ4v) is 4.13. The van der Waals surface area contributed by atoms with Crippen molar-refractivity contribution in [2.24, 2.45) is 0 Å². The van der Waals surface area contributed by atoms with Gasteiger partial charge >= 0.3 is 0 Å². The molecule has 152 valence electrons. The lowest BCUT2D eigenvalue weighted by Crippen LogP contribution is -2.12. The molecule has 0 atom stereocenters. The number of carbonyl (C=O) groups excluding carboxylic acids is 1. The van der Waals surface area contributed by atoms with E-state index < -0.39 is 0 Å². The normalized spacial score (nSPS) is 10.7. The van der Waals surface area contributed by atoms with Crippen LogP contribution in [0.25, 0.3) is 11.3 Å². The Hall–Kier alpha value is -2.18. The third kappa shape index (κ3) is 6.15. The van der Waals surface area contributed by atoms with E-state index in [2.05, 4.69) is 76.5 Å². The minimum Gasteiger partial charge on any atom is -0.492 e. The Morgan fingerprint density at radius 1 is 1.10 bits per heavy atom. The van der Waals surface area contributed by atoms with Crippen molar-refractivity contribution in [2.45, 2.75) is 39.5 Å². The number of thiazole rings is 1. The van der Waals surface area contributed by atoms with Crippen LogP contribution >= 0.6 is 27.3 Å². The molecule has 0 bridgehead atoms. The van der Waals surface area contributed by atoms with Gasteiger partial charge in [0.2, 0.25) is 5.91 Å². The zero-order valence-electron chi connectivity index (χ0n) is 16.7. The van der Waals surface area contributed by atoms with Crippen molar-refractivity contribution in [3.63, 3.8) is 0 Å². The number of aryl methyl sites for hydroxylation is 2. The Labute approximate surface area is 184 Å². The minimum absolute atomic E-state index is 0.0452. The molecule has 3 rings (SSSR count). The number of nitrogens with zero attached hydrogens (tertiary/aromatic N) is 1. The van der Waals surface area contributed by atoms with E-state index in [1.54, 1.807) is 0 Å². The summed E-state index contributed by atoms with van der Waals surface area (Å²) < 4.78 is 6.73. The molecular weight excluding hydrogens is 448 g/mol. The summed E-state index contributed by atoms with van der Waals surface area (Å²) in [5.74, 6) is 0.762. The van der Waals surface area contributed by atoms with Gasteiger partial charge < -0.3 is 10.1 Å². The maximum Gasteiger partial charge on any atom is 0.226 e. The van der Waals surface area contributed by atoms with Crippen LogP contribution in [0.4, 0.5) is 5.13 Å². The number of amides is 1. The number of benzene rings is 2. The zero-order valence-corrected chi connectivity index (χ0v) is 19.1. The number of nitrogens with one attached hydrogen (secondary N) is 1. The predicted molar refractivity (Wildman–Crippen MR) is 124 cm³/mol. The summed E-state index contributed by atoms with van der Waals surface area (Å²) in [7, 11) is 0. The number of hydrogen-bond donors (Lipinski definition) is 1. The second-order valence-electron chi connectivity index (χ2n) is 6.71. The molecule has 6 heteroatoms. The molecule has 0 spiro atoms. The number of rotatable bonds is 9. The van der Waals surface area contributed by atoms with Gasteiger partial charge in [0.25, 0.3) is 0 Å². The molecule has 3 aromatic rings. The fourth-order valence-electron chi connectivity index (χ4n) is 2.85. The molecule has 1 N–H and O–H groups in total. The Kier molecular flexibility index (Phi) is 7.83. The predicted octanol–water partition coefficient (Wildman–Crippen LogP) is 6.50. The van der Waals surface area contributed by atoms with Crippen LogP contribution in [0.5, 0.6) is 5.75 Å². The largest absolute Gasteiger partial charge is 0.492 e. The summed E-state index contributed by atoms with van der Waals surface area (Å²) in [4.78, 5) is 16.7. The SMILES string of the molecule is CCc1ccc(-c2csc(NC(=O)CCCOc3ccc(CC)cc3Br)n2)cc1. The van der Waals surface area contributed by atoms with Gasteiger partial charge in [-0.2, -0.15) is 0 Å². The van der Waals surface area contributed by atoms with Crippen molar-refractivity contribution in [3.05, 3.63) is 63.4 Å². The summed E-state index contributed by atoms with van der Waals surface area (Å²) in [6.07, 6.45) is 3.04. The van der Waals surface area contributed by atoms with Gasteiger partial charge in [-0.25, -0.2) is 4.98 Å². The fraction of sp³-hybridized carbons (Fsp3) is 0.304. The molecule has 29 heavy (non-hydrogen) atoms. The monoisotopic (exact) mass is 472 g/mol. The van der Waals surface area contributed by atoms with E-state index in [9.17, 15) is 4.79 Å². The summed E-state index contributed by atoms with van der Waals surface area (Å²) in [6.45, 7) is 4.75. The van der Waals surface area contributed by atoms with E-state index in [-0.39, 0.29) is 5.91 Å². The van der Waals surface area contributed by atoms with Crippen LogP contribution in [0, 0.1) is 0 Å². The Balaban J connectivity index is 1.44. The molecule has 0 radical (unpaired) electrons. The van der Waals surface area contributed by atoms with Gasteiger partial charge in [-0.3, -0.25) is 4.79 Å². The summed E-state index contributed by atoms with van der Waals surface area (Å²) in [5, 5.41) is 5.48. The number of aromatic nitrogens is 1. The molecule has 0 fully saturated rings. The molecule has 0 saturated heterocycles. The maximum atomic E-state index is 12.2. The van der Waals surface area contributed by atoms with Crippen molar-refractivity contribution < 1.29 is 9.53 Å². The van der Waals surface area contributed by atoms with Crippen molar-refractivity contribution in [2.75, 3.05) is 11.9 Å². The number of ether oxygens (including phenoxy) is 1. The van der Waals surface area contributed by atoms with Gasteiger partial charge in [0, 0.05) is 17.4 Å². The Bertz CT molecular complexity index is 954. The average Bonchev–Trinajstić information content (AvgIpc) is 3.20. The highest BCUT2D eigenvalue weighted by molar-refractivity contribution is 9.10. The second-order valence-corrected chi connectivity index (χ2v) is 8.42. The molecule has 4 nitrogen and oxygen atoms in total. The Morgan fingerprint density at radius 2 is 1.83 bits per heavy atom. The van der Waals surface area contributed by atoms with E-state index in [1.807, 2.05) is 11.4 Å². The van der Waals surface area contributed by atoms with E-state index in [4.69, 9.17) is 4.74 Å². The van der Waals surface area contributed by atoms with E-state index in [1.165, 1.54) is 22.5 Å². The Morgan fingerprint density at radius 3 is 2.52 bits per heavy atom. The van der Waals surface area contributed by atoms with Gasteiger partial charge in [0.15, 0.2) is 5.13 Å². The lowest BCUT2D eigenvalue weighted by atomic mass is 10.1. The van der Waals surface area contributed by atoms with Gasteiger partial charge in [-0.05, 0) is 58.5 Å². The molecule has 0 unspecified atom stereocenters. The summed E-state index contributed by atoms with van der Waals surface area (Å²) >= 11 is 4.98. The van der Waals surface area contributed by atoms with E-state index in [0.29, 0.717) is 24.6 Å². The van der Waals surface area contributed by atoms with Crippen LogP contribution < -0.4 is 10.1 Å². The highest BCUT2D eigenvalue weighted by Gasteiger charge is 2.09. The molecule has 0 aliphatic carbocycles. The summed E-state index contributed by atoms with van der Waals surface area (Å²) in [6, 6.07) is 14.5. The van der Waals surface area contributed by atoms with Gasteiger partial charge in [-0.15, -0.1) is 11.3 Å². The summed E-state index contributed by atoms with van der Waals surface area (Å²) in [5.41, 5.74) is 4.50. The highest BCUT2D eigenvalue weighted by Crippen LogP contribution is 2.27. The molecule has 1 heterocycles. The van der Waals surface area contributed by atoms with Crippen LogP contribution in [0.2, 0.25) is 0 Å². The first-order valence-electron chi connectivity index (χ1n) is 9.85. The van der Waals surface area contributed by atoms with Crippen LogP contribution in [0.15, 0.2) is 52.3 Å². The molecule has 0 aliphatic rings. The molecule has 1 aromatic heterocycles. The first kappa shape index (κ1) is 21.5. The standard InChI is InChI=1S/C23H25BrN2O2S/c1-3-16-7-10-18(11-8-16)20-15-29-23(25-20)26-22(27)6-5-13-28-21-12-9-17(4-2)14-19(21)24/h7-12,14-15H,3-6,13H2,1-2H3,(H,25,26,27). The number of anilines is 1. The molecule has 2 aromatic carbocycles. The number of hydrogen-bond acceptors (Lipinski definition) is 4. The van der Waals surface area contributed by atoms with Crippen molar-refractivity contribution in [1.29, 1.82) is 0 Å². The van der Waals surface area contributed by atoms with Crippen LogP contribution in [0.3, 0.4) is 0 Å². The highest BCUT2D eigenvalue weighted by atomic mass is 79.9. The van der Waals surface area contributed by atoms with Crippen LogP contribution in [-0.2, 0) is 17.6 Å². The topological polar surface area (TPSA) is 51.2 Å². The zero-order chi connectivity index (χ0) is 20.6. The smallest absolute Gasteiger partial charge is 0.226 e. The molecule has 0 aliphatic heterocycles. The van der Waals surface area contributed by atoms with Crippen molar-refractivity contribution in [3.8, 4) is 17.0 Å². The third-order valence-corrected chi connectivity index (χ3v) is 6.00. The quantitative estimate of drug-likeness (QED) is 0.361. The van der Waals surface area contributed by atoms with Gasteiger partial charge in [0.05, 0.1) is 16.8 Å². The molecule has 1 amide bonds. The third-order valence-electron chi connectivity index (χ3n) is 4.62. The molecule has 0 saturated carbocycles. The average molecular weight is 473 g/mol. The van der Waals surface area contributed by atoms with E-state index >= 15 is 0 Å². The molecular formula is C23H25BrN2O2S. The van der Waals surface area contributed by atoms with Crippen LogP contribution in [-0.4, -0.2) is 17.5 Å². The first-order valence-corrected chi connectivity index (χ1v) is 11.5. The van der Waals surface area contributed by atoms with E-state index in [0.717, 1.165) is 34.3 Å². The lowest BCUT2D eigenvalue weighted by molar-refractivity contribution is -0.116. The minimum atomic E-state index is -0.0452.